The van der Waals surface area contributed by atoms with Crippen LogP contribution in [0.2, 0.25) is 5.02 Å². The van der Waals surface area contributed by atoms with Gasteiger partial charge in [0.1, 0.15) is 0 Å². The molecule has 1 atom stereocenters. The van der Waals surface area contributed by atoms with Crippen molar-refractivity contribution in [3.05, 3.63) is 51.7 Å². The predicted octanol–water partition coefficient (Wildman–Crippen LogP) is 3.27. The fraction of sp³-hybridized carbons (Fsp3) is 0.421. The van der Waals surface area contributed by atoms with Crippen molar-refractivity contribution in [2.75, 3.05) is 37.6 Å². The monoisotopic (exact) mass is 377 g/mol. The molecule has 0 aliphatic carbocycles. The van der Waals surface area contributed by atoms with Crippen LogP contribution in [-0.2, 0) is 11.2 Å². The zero-order valence-electron chi connectivity index (χ0n) is 14.5. The van der Waals surface area contributed by atoms with E-state index in [1.165, 1.54) is 4.88 Å². The van der Waals surface area contributed by atoms with Crippen LogP contribution in [0, 0.1) is 0 Å². The summed E-state index contributed by atoms with van der Waals surface area (Å²) in [4.78, 5) is 18.2. The smallest absolute Gasteiger partial charge is 0.237 e. The fourth-order valence-electron chi connectivity index (χ4n) is 3.14. The van der Waals surface area contributed by atoms with Gasteiger partial charge in [-0.2, -0.15) is 0 Å². The number of piperazine rings is 1. The average Bonchev–Trinajstić information content (AvgIpc) is 3.15. The number of para-hydroxylation sites is 1. The quantitative estimate of drug-likeness (QED) is 0.839. The third-order valence-corrected chi connectivity index (χ3v) is 5.94. The summed E-state index contributed by atoms with van der Waals surface area (Å²) in [6.07, 6.45) is 0.899. The standard InChI is InChI=1S/C19H24ClN3OS/c1-15(19(24)21-9-8-16-5-4-14-25-16)22-10-12-23(13-11-22)18-7-3-2-6-17(18)20/h2-7,14-15H,8-13H2,1H3,(H,21,24)/t15-/m0/s1. The Kier molecular flexibility index (Phi) is 6.34. The van der Waals surface area contributed by atoms with Crippen molar-refractivity contribution in [3.8, 4) is 0 Å². The zero-order valence-corrected chi connectivity index (χ0v) is 16.0. The summed E-state index contributed by atoms with van der Waals surface area (Å²) in [5, 5.41) is 5.92. The second-order valence-corrected chi connectivity index (χ2v) is 7.71. The molecule has 1 N–H and O–H groups in total. The molecular formula is C19H24ClN3OS. The minimum Gasteiger partial charge on any atom is -0.368 e. The largest absolute Gasteiger partial charge is 0.368 e. The van der Waals surface area contributed by atoms with Gasteiger partial charge in [0.25, 0.3) is 0 Å². The molecule has 1 fully saturated rings. The minimum absolute atomic E-state index is 0.100. The zero-order chi connectivity index (χ0) is 17.6. The van der Waals surface area contributed by atoms with Crippen LogP contribution >= 0.6 is 22.9 Å². The summed E-state index contributed by atoms with van der Waals surface area (Å²) in [6, 6.07) is 12.0. The summed E-state index contributed by atoms with van der Waals surface area (Å²) in [5.74, 6) is 0.114. The lowest BCUT2D eigenvalue weighted by atomic mass is 10.2. The molecule has 0 bridgehead atoms. The van der Waals surface area contributed by atoms with Crippen molar-refractivity contribution in [1.29, 1.82) is 0 Å². The number of nitrogens with zero attached hydrogens (tertiary/aromatic N) is 2. The summed E-state index contributed by atoms with van der Waals surface area (Å²) in [6.45, 7) is 6.19. The van der Waals surface area contributed by atoms with Gasteiger partial charge in [-0.25, -0.2) is 0 Å². The van der Waals surface area contributed by atoms with Gasteiger partial charge in [0.15, 0.2) is 0 Å². The van der Waals surface area contributed by atoms with Crippen molar-refractivity contribution in [2.45, 2.75) is 19.4 Å². The van der Waals surface area contributed by atoms with Crippen molar-refractivity contribution in [3.63, 3.8) is 0 Å². The highest BCUT2D eigenvalue weighted by atomic mass is 35.5. The van der Waals surface area contributed by atoms with Crippen molar-refractivity contribution < 1.29 is 4.79 Å². The SMILES string of the molecule is C[C@@H](C(=O)NCCc1cccs1)N1CCN(c2ccccc2Cl)CC1. The van der Waals surface area contributed by atoms with Gasteiger partial charge in [0, 0.05) is 37.6 Å². The Morgan fingerprint density at radius 2 is 1.96 bits per heavy atom. The molecule has 2 aromatic rings. The molecule has 0 unspecified atom stereocenters. The molecule has 0 saturated carbocycles. The van der Waals surface area contributed by atoms with Gasteiger partial charge in [0.2, 0.25) is 5.91 Å². The number of benzene rings is 1. The number of thiophene rings is 1. The maximum absolute atomic E-state index is 12.4. The average molecular weight is 378 g/mol. The van der Waals surface area contributed by atoms with Crippen LogP contribution in [-0.4, -0.2) is 49.6 Å². The van der Waals surface area contributed by atoms with Crippen molar-refractivity contribution in [1.82, 2.24) is 10.2 Å². The second-order valence-electron chi connectivity index (χ2n) is 6.27. The molecule has 1 aliphatic rings. The number of carbonyl (C=O) groups excluding carboxylic acids is 1. The van der Waals surface area contributed by atoms with E-state index in [1.807, 2.05) is 31.2 Å². The summed E-state index contributed by atoms with van der Waals surface area (Å²) < 4.78 is 0. The molecule has 1 saturated heterocycles. The molecule has 25 heavy (non-hydrogen) atoms. The molecule has 1 aromatic heterocycles. The minimum atomic E-state index is -0.100. The van der Waals surface area contributed by atoms with E-state index in [0.717, 1.165) is 43.3 Å². The number of halogens is 1. The normalized spacial score (nSPS) is 16.6. The van der Waals surface area contributed by atoms with Crippen LogP contribution in [0.25, 0.3) is 0 Å². The van der Waals surface area contributed by atoms with Gasteiger partial charge in [0.05, 0.1) is 16.8 Å². The number of anilines is 1. The first kappa shape index (κ1) is 18.2. The Balaban J connectivity index is 1.45. The molecule has 0 spiro atoms. The fourth-order valence-corrected chi connectivity index (χ4v) is 4.10. The molecule has 1 aliphatic heterocycles. The van der Waals surface area contributed by atoms with Crippen molar-refractivity contribution >= 4 is 34.5 Å². The Labute approximate surface area is 158 Å². The summed E-state index contributed by atoms with van der Waals surface area (Å²) >= 11 is 8.02. The molecule has 6 heteroatoms. The summed E-state index contributed by atoms with van der Waals surface area (Å²) in [7, 11) is 0. The summed E-state index contributed by atoms with van der Waals surface area (Å²) in [5.41, 5.74) is 1.08. The van der Waals surface area contributed by atoms with Gasteiger partial charge in [-0.15, -0.1) is 11.3 Å². The van der Waals surface area contributed by atoms with E-state index in [-0.39, 0.29) is 11.9 Å². The molecule has 0 radical (unpaired) electrons. The Hall–Kier alpha value is -1.56. The molecule has 134 valence electrons. The highest BCUT2D eigenvalue weighted by Gasteiger charge is 2.26. The number of amides is 1. The lowest BCUT2D eigenvalue weighted by Gasteiger charge is -2.38. The second kappa shape index (κ2) is 8.70. The first-order chi connectivity index (χ1) is 12.1. The van der Waals surface area contributed by atoms with E-state index in [0.29, 0.717) is 6.54 Å². The number of hydrogen-bond donors (Lipinski definition) is 1. The lowest BCUT2D eigenvalue weighted by molar-refractivity contribution is -0.125. The van der Waals surface area contributed by atoms with Crippen LogP contribution in [0.4, 0.5) is 5.69 Å². The number of nitrogens with one attached hydrogen (secondary N) is 1. The number of rotatable bonds is 6. The van der Waals surface area contributed by atoms with Gasteiger partial charge >= 0.3 is 0 Å². The van der Waals surface area contributed by atoms with Crippen LogP contribution < -0.4 is 10.2 Å². The highest BCUT2D eigenvalue weighted by Crippen LogP contribution is 2.26. The molecular weight excluding hydrogens is 354 g/mol. The van der Waals surface area contributed by atoms with E-state index in [1.54, 1.807) is 11.3 Å². The third-order valence-electron chi connectivity index (χ3n) is 4.69. The van der Waals surface area contributed by atoms with Crippen LogP contribution in [0.1, 0.15) is 11.8 Å². The van der Waals surface area contributed by atoms with Crippen LogP contribution in [0.3, 0.4) is 0 Å². The van der Waals surface area contributed by atoms with Crippen LogP contribution in [0.5, 0.6) is 0 Å². The van der Waals surface area contributed by atoms with Crippen molar-refractivity contribution in [2.24, 2.45) is 0 Å². The molecule has 4 nitrogen and oxygen atoms in total. The first-order valence-electron chi connectivity index (χ1n) is 8.69. The maximum Gasteiger partial charge on any atom is 0.237 e. The van der Waals surface area contributed by atoms with E-state index < -0.39 is 0 Å². The van der Waals surface area contributed by atoms with E-state index >= 15 is 0 Å². The molecule has 1 amide bonds. The van der Waals surface area contributed by atoms with E-state index in [4.69, 9.17) is 11.6 Å². The van der Waals surface area contributed by atoms with E-state index in [2.05, 4.69) is 32.6 Å². The lowest BCUT2D eigenvalue weighted by Crippen LogP contribution is -2.54. The van der Waals surface area contributed by atoms with Gasteiger partial charge in [-0.3, -0.25) is 9.69 Å². The third kappa shape index (κ3) is 4.75. The van der Waals surface area contributed by atoms with E-state index in [9.17, 15) is 4.79 Å². The highest BCUT2D eigenvalue weighted by molar-refractivity contribution is 7.09. The Bertz CT molecular complexity index is 684. The van der Waals surface area contributed by atoms with Gasteiger partial charge < -0.3 is 10.2 Å². The topological polar surface area (TPSA) is 35.6 Å². The number of carbonyl (C=O) groups is 1. The van der Waals surface area contributed by atoms with Gasteiger partial charge in [-0.05, 0) is 36.9 Å². The molecule has 2 heterocycles. The molecule has 3 rings (SSSR count). The Morgan fingerprint density at radius 1 is 1.20 bits per heavy atom. The predicted molar refractivity (Wildman–Crippen MR) is 106 cm³/mol. The maximum atomic E-state index is 12.4. The van der Waals surface area contributed by atoms with Crippen LogP contribution in [0.15, 0.2) is 41.8 Å². The Morgan fingerprint density at radius 3 is 2.64 bits per heavy atom. The number of hydrogen-bond acceptors (Lipinski definition) is 4. The first-order valence-corrected chi connectivity index (χ1v) is 9.94. The van der Waals surface area contributed by atoms with Gasteiger partial charge in [-0.1, -0.05) is 29.8 Å². The molecule has 1 aromatic carbocycles.